The molecule has 2 aromatic carbocycles. The maximum Gasteiger partial charge on any atom is 0.257 e. The first kappa shape index (κ1) is 22.8. The van der Waals surface area contributed by atoms with Gasteiger partial charge in [-0.25, -0.2) is 9.97 Å². The summed E-state index contributed by atoms with van der Waals surface area (Å²) in [6.45, 7) is 4.14. The first-order chi connectivity index (χ1) is 17.0. The topological polar surface area (TPSA) is 76.1 Å². The number of ether oxygens (including phenoxy) is 1. The molecule has 0 aliphatic heterocycles. The number of aromatic nitrogens is 2. The molecule has 1 aliphatic carbocycles. The minimum atomic E-state index is -0.150. The van der Waals surface area contributed by atoms with E-state index in [0.717, 1.165) is 42.6 Å². The Bertz CT molecular complexity index is 1330. The number of fused-ring (bicyclic) bond motifs is 1. The van der Waals surface area contributed by atoms with Crippen molar-refractivity contribution in [3.63, 3.8) is 0 Å². The van der Waals surface area contributed by atoms with E-state index < -0.39 is 0 Å². The lowest BCUT2D eigenvalue weighted by atomic mass is 9.91. The lowest BCUT2D eigenvalue weighted by molar-refractivity contribution is 0.0923. The van der Waals surface area contributed by atoms with Gasteiger partial charge in [-0.15, -0.1) is 0 Å². The normalized spacial score (nSPS) is 17.7. The first-order valence-corrected chi connectivity index (χ1v) is 12.2. The average molecular weight is 467 g/mol. The highest BCUT2D eigenvalue weighted by molar-refractivity contribution is 5.96. The number of nitrogens with zero attached hydrogens (tertiary/aromatic N) is 2. The predicted molar refractivity (Wildman–Crippen MR) is 139 cm³/mol. The van der Waals surface area contributed by atoms with Crippen LogP contribution in [0.15, 0.2) is 72.9 Å². The highest BCUT2D eigenvalue weighted by atomic mass is 16.5. The number of aryl methyl sites for hydroxylation is 2. The summed E-state index contributed by atoms with van der Waals surface area (Å²) < 4.78 is 5.91. The van der Waals surface area contributed by atoms with E-state index in [4.69, 9.17) is 9.72 Å². The average Bonchev–Trinajstić information content (AvgIpc) is 2.87. The van der Waals surface area contributed by atoms with Gasteiger partial charge in [0.25, 0.3) is 5.91 Å². The molecule has 35 heavy (non-hydrogen) atoms. The Hall–Kier alpha value is -3.93. The summed E-state index contributed by atoms with van der Waals surface area (Å²) in [6, 6.07) is 22.0. The number of para-hydroxylation sites is 1. The summed E-state index contributed by atoms with van der Waals surface area (Å²) in [5.41, 5.74) is 3.83. The van der Waals surface area contributed by atoms with Crippen molar-refractivity contribution in [3.8, 4) is 11.6 Å². The van der Waals surface area contributed by atoms with Crippen LogP contribution in [0.4, 0.5) is 5.82 Å². The second-order valence-electron chi connectivity index (χ2n) is 9.28. The maximum absolute atomic E-state index is 13.1. The standard InChI is InChI=1S/C29H30N4O2/c1-19-9-15-23(16-10-19)35-29-25(7-5-17-30-29)28(34)32-22-13-11-21(12-14-22)31-27-18-20(2)24-6-3-4-8-26(24)33-27/h3-10,15-18,21-22H,11-14H2,1-2H3,(H,31,33)(H,32,34). The van der Waals surface area contributed by atoms with Gasteiger partial charge < -0.3 is 15.4 Å². The van der Waals surface area contributed by atoms with E-state index in [9.17, 15) is 4.79 Å². The largest absolute Gasteiger partial charge is 0.438 e. The van der Waals surface area contributed by atoms with Crippen LogP contribution in [0.3, 0.4) is 0 Å². The van der Waals surface area contributed by atoms with E-state index in [1.165, 1.54) is 10.9 Å². The molecular weight excluding hydrogens is 436 g/mol. The third kappa shape index (κ3) is 5.43. The van der Waals surface area contributed by atoms with Crippen molar-refractivity contribution >= 4 is 22.6 Å². The van der Waals surface area contributed by atoms with Gasteiger partial charge in [0, 0.05) is 23.7 Å². The molecule has 5 rings (SSSR count). The molecule has 1 aliphatic rings. The van der Waals surface area contributed by atoms with Crippen molar-refractivity contribution in [2.75, 3.05) is 5.32 Å². The SMILES string of the molecule is Cc1ccc(Oc2ncccc2C(=O)NC2CCC(Nc3cc(C)c4ccccc4n3)CC2)cc1. The van der Waals surface area contributed by atoms with Crippen LogP contribution in [0.25, 0.3) is 10.9 Å². The van der Waals surface area contributed by atoms with Gasteiger partial charge in [-0.2, -0.15) is 0 Å². The summed E-state index contributed by atoms with van der Waals surface area (Å²) in [5, 5.41) is 7.98. The molecular formula is C29H30N4O2. The van der Waals surface area contributed by atoms with Gasteiger partial charge in [-0.1, -0.05) is 35.9 Å². The minimum Gasteiger partial charge on any atom is -0.438 e. The molecule has 0 saturated heterocycles. The highest BCUT2D eigenvalue weighted by Gasteiger charge is 2.24. The molecule has 1 fully saturated rings. The van der Waals surface area contributed by atoms with Gasteiger partial charge in [-0.3, -0.25) is 4.79 Å². The number of amides is 1. The summed E-state index contributed by atoms with van der Waals surface area (Å²) in [6.07, 6.45) is 5.39. The van der Waals surface area contributed by atoms with Gasteiger partial charge in [0.15, 0.2) is 0 Å². The van der Waals surface area contributed by atoms with Crippen molar-refractivity contribution in [1.29, 1.82) is 0 Å². The van der Waals surface area contributed by atoms with Crippen molar-refractivity contribution in [3.05, 3.63) is 89.6 Å². The number of rotatable bonds is 6. The lowest BCUT2D eigenvalue weighted by Gasteiger charge is -2.30. The molecule has 2 aromatic heterocycles. The van der Waals surface area contributed by atoms with Gasteiger partial charge >= 0.3 is 0 Å². The van der Waals surface area contributed by atoms with Crippen LogP contribution in [0, 0.1) is 13.8 Å². The molecule has 0 atom stereocenters. The van der Waals surface area contributed by atoms with Crippen LogP contribution in [0.1, 0.15) is 47.2 Å². The molecule has 178 valence electrons. The third-order valence-electron chi connectivity index (χ3n) is 6.59. The van der Waals surface area contributed by atoms with Gasteiger partial charge in [0.2, 0.25) is 5.88 Å². The molecule has 0 bridgehead atoms. The fraction of sp³-hybridized carbons (Fsp3) is 0.276. The van der Waals surface area contributed by atoms with Crippen molar-refractivity contribution in [1.82, 2.24) is 15.3 Å². The molecule has 1 amide bonds. The molecule has 1 saturated carbocycles. The Morgan fingerprint density at radius 1 is 0.914 bits per heavy atom. The van der Waals surface area contributed by atoms with Crippen molar-refractivity contribution < 1.29 is 9.53 Å². The molecule has 2 heterocycles. The number of hydrogen-bond donors (Lipinski definition) is 2. The Kier molecular flexibility index (Phi) is 6.62. The summed E-state index contributed by atoms with van der Waals surface area (Å²) in [7, 11) is 0. The number of carbonyl (C=O) groups is 1. The Balaban J connectivity index is 1.18. The van der Waals surface area contributed by atoms with Crippen molar-refractivity contribution in [2.24, 2.45) is 0 Å². The van der Waals surface area contributed by atoms with Gasteiger partial charge in [0.1, 0.15) is 17.1 Å². The van der Waals surface area contributed by atoms with E-state index in [1.54, 1.807) is 18.3 Å². The number of pyridine rings is 2. The minimum absolute atomic E-state index is 0.124. The van der Waals surface area contributed by atoms with Crippen LogP contribution in [0.5, 0.6) is 11.6 Å². The molecule has 2 N–H and O–H groups in total. The third-order valence-corrected chi connectivity index (χ3v) is 6.59. The zero-order valence-electron chi connectivity index (χ0n) is 20.1. The van der Waals surface area contributed by atoms with Crippen LogP contribution in [-0.4, -0.2) is 28.0 Å². The zero-order valence-corrected chi connectivity index (χ0v) is 20.1. The zero-order chi connectivity index (χ0) is 24.2. The molecule has 0 radical (unpaired) electrons. The van der Waals surface area contributed by atoms with E-state index in [-0.39, 0.29) is 11.9 Å². The Labute approximate surface area is 205 Å². The van der Waals surface area contributed by atoms with Gasteiger partial charge in [-0.05, 0) is 81.5 Å². The van der Waals surface area contributed by atoms with E-state index in [2.05, 4.69) is 40.7 Å². The summed E-state index contributed by atoms with van der Waals surface area (Å²) in [5.74, 6) is 1.75. The molecule has 6 nitrogen and oxygen atoms in total. The van der Waals surface area contributed by atoms with Crippen LogP contribution in [0.2, 0.25) is 0 Å². The molecule has 0 unspecified atom stereocenters. The number of hydrogen-bond acceptors (Lipinski definition) is 5. The van der Waals surface area contributed by atoms with Gasteiger partial charge in [0.05, 0.1) is 5.52 Å². The predicted octanol–water partition coefficient (Wildman–Crippen LogP) is 6.19. The second kappa shape index (κ2) is 10.1. The highest BCUT2D eigenvalue weighted by Crippen LogP contribution is 2.27. The van der Waals surface area contributed by atoms with Crippen LogP contribution < -0.4 is 15.4 Å². The number of nitrogens with one attached hydrogen (secondary N) is 2. The van der Waals surface area contributed by atoms with E-state index in [1.807, 2.05) is 43.3 Å². The van der Waals surface area contributed by atoms with Crippen LogP contribution >= 0.6 is 0 Å². The van der Waals surface area contributed by atoms with E-state index >= 15 is 0 Å². The lowest BCUT2D eigenvalue weighted by Crippen LogP contribution is -2.40. The fourth-order valence-corrected chi connectivity index (χ4v) is 4.64. The molecule has 0 spiro atoms. The fourth-order valence-electron chi connectivity index (χ4n) is 4.64. The molecule has 4 aromatic rings. The summed E-state index contributed by atoms with van der Waals surface area (Å²) in [4.78, 5) is 22.1. The smallest absolute Gasteiger partial charge is 0.257 e. The number of carbonyl (C=O) groups excluding carboxylic acids is 1. The van der Waals surface area contributed by atoms with Crippen molar-refractivity contribution in [2.45, 2.75) is 51.6 Å². The second-order valence-corrected chi connectivity index (χ2v) is 9.28. The monoisotopic (exact) mass is 466 g/mol. The first-order valence-electron chi connectivity index (χ1n) is 12.2. The molecule has 6 heteroatoms. The Morgan fingerprint density at radius 3 is 2.46 bits per heavy atom. The van der Waals surface area contributed by atoms with E-state index in [0.29, 0.717) is 23.2 Å². The quantitative estimate of drug-likeness (QED) is 0.354. The maximum atomic E-state index is 13.1. The Morgan fingerprint density at radius 2 is 1.66 bits per heavy atom. The number of benzene rings is 2. The summed E-state index contributed by atoms with van der Waals surface area (Å²) >= 11 is 0. The number of anilines is 1. The van der Waals surface area contributed by atoms with Crippen LogP contribution in [-0.2, 0) is 0 Å².